The van der Waals surface area contributed by atoms with Crippen molar-refractivity contribution in [3.8, 4) is 17.1 Å². The number of rotatable bonds is 5. The molecular weight excluding hydrogens is 468 g/mol. The molecule has 0 bridgehead atoms. The molecule has 36 heavy (non-hydrogen) atoms. The van der Waals surface area contributed by atoms with E-state index in [9.17, 15) is 13.6 Å². The lowest BCUT2D eigenvalue weighted by atomic mass is 9.81. The van der Waals surface area contributed by atoms with Crippen molar-refractivity contribution >= 4 is 17.2 Å². The second kappa shape index (κ2) is 8.08. The van der Waals surface area contributed by atoms with Gasteiger partial charge in [0.2, 0.25) is 17.6 Å². The summed E-state index contributed by atoms with van der Waals surface area (Å²) in [7, 11) is 0. The van der Waals surface area contributed by atoms with E-state index in [1.54, 1.807) is 22.9 Å². The number of anilines is 1. The van der Waals surface area contributed by atoms with Crippen molar-refractivity contribution < 1.29 is 18.1 Å². The Labute approximate surface area is 203 Å². The lowest BCUT2D eigenvalue weighted by Crippen LogP contribution is -2.33. The molecule has 11 heteroatoms. The topological polar surface area (TPSA) is 103 Å². The maximum atomic E-state index is 13.2. The maximum absolute atomic E-state index is 13.2. The summed E-state index contributed by atoms with van der Waals surface area (Å²) in [6.45, 7) is 3.77. The summed E-state index contributed by atoms with van der Waals surface area (Å²) in [5, 5.41) is 6.89. The summed E-state index contributed by atoms with van der Waals surface area (Å²) in [5.74, 6) is -2.96. The molecule has 1 aliphatic carbocycles. The molecule has 4 heterocycles. The van der Waals surface area contributed by atoms with Crippen LogP contribution in [0.1, 0.15) is 46.4 Å². The lowest BCUT2D eigenvalue weighted by Gasteiger charge is -2.31. The summed E-state index contributed by atoms with van der Waals surface area (Å²) in [4.78, 5) is 26.1. The molecular formula is C25H21F2N7O2. The number of benzene rings is 1. The average molecular weight is 489 g/mol. The van der Waals surface area contributed by atoms with E-state index in [0.29, 0.717) is 22.6 Å². The monoisotopic (exact) mass is 489 g/mol. The van der Waals surface area contributed by atoms with Crippen LogP contribution in [-0.4, -0.2) is 40.9 Å². The number of imidazole rings is 2. The van der Waals surface area contributed by atoms with E-state index in [1.165, 1.54) is 6.20 Å². The molecule has 1 aromatic carbocycles. The fraction of sp³-hybridized carbons (Fsp3) is 0.240. The van der Waals surface area contributed by atoms with E-state index in [0.717, 1.165) is 16.9 Å². The molecule has 1 saturated carbocycles. The normalized spacial score (nSPS) is 15.2. The van der Waals surface area contributed by atoms with E-state index in [2.05, 4.69) is 25.4 Å². The molecule has 0 spiro atoms. The molecule has 4 aromatic heterocycles. The van der Waals surface area contributed by atoms with Crippen molar-refractivity contribution in [1.29, 1.82) is 0 Å². The van der Waals surface area contributed by atoms with Gasteiger partial charge in [-0.15, -0.1) is 0 Å². The van der Waals surface area contributed by atoms with Crippen LogP contribution in [0.4, 0.5) is 14.5 Å². The zero-order chi connectivity index (χ0) is 25.0. The van der Waals surface area contributed by atoms with Gasteiger partial charge in [-0.3, -0.25) is 9.20 Å². The molecule has 0 unspecified atom stereocenters. The lowest BCUT2D eigenvalue weighted by molar-refractivity contribution is -0.0925. The van der Waals surface area contributed by atoms with Crippen LogP contribution in [0.25, 0.3) is 22.7 Å². The number of nitrogens with zero attached hydrogens (tertiary/aromatic N) is 6. The summed E-state index contributed by atoms with van der Waals surface area (Å²) in [5.41, 5.74) is 4.72. The number of alkyl halides is 2. The minimum absolute atomic E-state index is 0.205. The second-order valence-corrected chi connectivity index (χ2v) is 9.08. The first-order valence-electron chi connectivity index (χ1n) is 11.4. The number of halogens is 2. The number of aromatic nitrogens is 6. The van der Waals surface area contributed by atoms with Crippen molar-refractivity contribution in [1.82, 2.24) is 29.1 Å². The number of carbonyl (C=O) groups is 1. The van der Waals surface area contributed by atoms with E-state index in [1.807, 2.05) is 49.0 Å². The minimum Gasteiger partial charge on any atom is -0.339 e. The summed E-state index contributed by atoms with van der Waals surface area (Å²) in [6, 6.07) is 9.09. The summed E-state index contributed by atoms with van der Waals surface area (Å²) >= 11 is 0. The van der Waals surface area contributed by atoms with Gasteiger partial charge in [-0.1, -0.05) is 17.3 Å². The average Bonchev–Trinajstić information content (AvgIpc) is 3.58. The van der Waals surface area contributed by atoms with E-state index < -0.39 is 11.8 Å². The number of nitrogens with one attached hydrogen (secondary N) is 1. The quantitative estimate of drug-likeness (QED) is 0.375. The fourth-order valence-corrected chi connectivity index (χ4v) is 4.29. The van der Waals surface area contributed by atoms with Gasteiger partial charge in [0, 0.05) is 42.4 Å². The van der Waals surface area contributed by atoms with Crippen molar-refractivity contribution in [3.05, 3.63) is 78.1 Å². The summed E-state index contributed by atoms with van der Waals surface area (Å²) < 4.78 is 35.2. The van der Waals surface area contributed by atoms with Crippen molar-refractivity contribution in [2.75, 3.05) is 5.32 Å². The van der Waals surface area contributed by atoms with Crippen LogP contribution >= 0.6 is 0 Å². The van der Waals surface area contributed by atoms with Crippen LogP contribution in [0, 0.1) is 13.8 Å². The van der Waals surface area contributed by atoms with Gasteiger partial charge in [0.05, 0.1) is 23.9 Å². The zero-order valence-electron chi connectivity index (χ0n) is 19.4. The van der Waals surface area contributed by atoms with Gasteiger partial charge in [0.25, 0.3) is 5.91 Å². The number of fused-ring (bicyclic) bond motifs is 1. The first kappa shape index (κ1) is 22.1. The molecule has 6 rings (SSSR count). The first-order chi connectivity index (χ1) is 17.3. The molecule has 9 nitrogen and oxygen atoms in total. The Morgan fingerprint density at radius 2 is 1.97 bits per heavy atom. The standard InChI is InChI=1S/C25H21F2N7O2/c1-14-3-4-16(22-31-24(36-32-22)17-8-25(26,27)9-17)7-19(14)30-23(35)20-10-28-21-6-5-18(12-34(20)21)33-11-15(2)29-13-33/h3-7,10-13,17H,8-9H2,1-2H3,(H,30,35). The Balaban J connectivity index is 1.26. The largest absolute Gasteiger partial charge is 0.339 e. The molecule has 1 fully saturated rings. The molecule has 1 amide bonds. The van der Waals surface area contributed by atoms with Crippen LogP contribution < -0.4 is 5.32 Å². The van der Waals surface area contributed by atoms with Gasteiger partial charge < -0.3 is 14.4 Å². The number of hydrogen-bond donors (Lipinski definition) is 1. The van der Waals surface area contributed by atoms with Gasteiger partial charge in [0.1, 0.15) is 11.3 Å². The minimum atomic E-state index is -2.67. The number of hydrogen-bond acceptors (Lipinski definition) is 6. The maximum Gasteiger partial charge on any atom is 0.274 e. The zero-order valence-corrected chi connectivity index (χ0v) is 19.4. The molecule has 1 aliphatic rings. The molecule has 0 radical (unpaired) electrons. The first-order valence-corrected chi connectivity index (χ1v) is 11.4. The molecule has 0 atom stereocenters. The molecule has 0 saturated heterocycles. The van der Waals surface area contributed by atoms with Crippen LogP contribution in [-0.2, 0) is 0 Å². The van der Waals surface area contributed by atoms with Gasteiger partial charge >= 0.3 is 0 Å². The third kappa shape index (κ3) is 3.92. The molecule has 5 aromatic rings. The smallest absolute Gasteiger partial charge is 0.274 e. The second-order valence-electron chi connectivity index (χ2n) is 9.08. The van der Waals surface area contributed by atoms with Crippen LogP contribution in [0.15, 0.2) is 59.8 Å². The molecule has 0 aliphatic heterocycles. The Morgan fingerprint density at radius 3 is 2.72 bits per heavy atom. The summed E-state index contributed by atoms with van der Waals surface area (Å²) in [6.07, 6.45) is 6.38. The third-order valence-corrected chi connectivity index (χ3v) is 6.36. The van der Waals surface area contributed by atoms with E-state index >= 15 is 0 Å². The fourth-order valence-electron chi connectivity index (χ4n) is 4.29. The number of pyridine rings is 1. The van der Waals surface area contributed by atoms with E-state index in [4.69, 9.17) is 4.52 Å². The van der Waals surface area contributed by atoms with Gasteiger partial charge in [-0.25, -0.2) is 18.7 Å². The highest BCUT2D eigenvalue weighted by Gasteiger charge is 2.48. The Hall–Kier alpha value is -4.41. The number of aryl methyl sites for hydroxylation is 2. The molecule has 1 N–H and O–H groups in total. The van der Waals surface area contributed by atoms with Crippen molar-refractivity contribution in [2.45, 2.75) is 38.5 Å². The van der Waals surface area contributed by atoms with Crippen LogP contribution in [0.3, 0.4) is 0 Å². The van der Waals surface area contributed by atoms with Crippen LogP contribution in [0.5, 0.6) is 0 Å². The van der Waals surface area contributed by atoms with Gasteiger partial charge in [0.15, 0.2) is 0 Å². The molecule has 182 valence electrons. The Morgan fingerprint density at radius 1 is 1.14 bits per heavy atom. The van der Waals surface area contributed by atoms with Crippen LogP contribution in [0.2, 0.25) is 0 Å². The van der Waals surface area contributed by atoms with E-state index in [-0.39, 0.29) is 30.5 Å². The van der Waals surface area contributed by atoms with Gasteiger partial charge in [-0.2, -0.15) is 4.98 Å². The highest BCUT2D eigenvalue weighted by Crippen LogP contribution is 2.48. The number of carbonyl (C=O) groups excluding carboxylic acids is 1. The Kier molecular flexibility index (Phi) is 4.95. The van der Waals surface area contributed by atoms with Gasteiger partial charge in [-0.05, 0) is 37.6 Å². The predicted molar refractivity (Wildman–Crippen MR) is 126 cm³/mol. The van der Waals surface area contributed by atoms with Crippen molar-refractivity contribution in [3.63, 3.8) is 0 Å². The predicted octanol–water partition coefficient (Wildman–Crippen LogP) is 4.95. The number of amides is 1. The Bertz CT molecular complexity index is 1610. The SMILES string of the molecule is Cc1cn(-c2ccc3ncc(C(=O)Nc4cc(-c5noc(C6CC(F)(F)C6)n5)ccc4C)n3c2)cn1. The highest BCUT2D eigenvalue weighted by molar-refractivity contribution is 6.04. The van der Waals surface area contributed by atoms with Crippen molar-refractivity contribution in [2.24, 2.45) is 0 Å². The third-order valence-electron chi connectivity index (χ3n) is 6.36. The highest BCUT2D eigenvalue weighted by atomic mass is 19.3.